The lowest BCUT2D eigenvalue weighted by atomic mass is 10.2. The van der Waals surface area contributed by atoms with Crippen LogP contribution in [0.15, 0.2) is 0 Å². The molecule has 1 heterocycles. The molecule has 0 aromatic heterocycles. The van der Waals surface area contributed by atoms with Gasteiger partial charge in [0.2, 0.25) is 0 Å². The van der Waals surface area contributed by atoms with Crippen molar-refractivity contribution in [1.29, 1.82) is 0 Å². The third-order valence-electron chi connectivity index (χ3n) is 1.69. The van der Waals surface area contributed by atoms with E-state index in [9.17, 15) is 4.79 Å². The van der Waals surface area contributed by atoms with Crippen molar-refractivity contribution in [1.82, 2.24) is 0 Å². The number of esters is 1. The average molecular weight is 144 g/mol. The number of hydrogen-bond acceptors (Lipinski definition) is 3. The van der Waals surface area contributed by atoms with Gasteiger partial charge in [0.1, 0.15) is 0 Å². The predicted molar refractivity (Wildman–Crippen MR) is 35.6 cm³/mol. The highest BCUT2D eigenvalue weighted by molar-refractivity contribution is 5.70. The topological polar surface area (TPSA) is 38.8 Å². The van der Waals surface area contributed by atoms with Gasteiger partial charge >= 0.3 is 5.97 Å². The van der Waals surface area contributed by atoms with Gasteiger partial charge in [0.15, 0.2) is 0 Å². The molecule has 0 unspecified atom stereocenters. The van der Waals surface area contributed by atoms with Crippen molar-refractivity contribution in [3.63, 3.8) is 0 Å². The zero-order valence-corrected chi connectivity index (χ0v) is 6.29. The first-order valence-corrected chi connectivity index (χ1v) is 3.50. The Bertz CT molecular complexity index is 133. The van der Waals surface area contributed by atoms with Gasteiger partial charge in [0.25, 0.3) is 0 Å². The third kappa shape index (κ3) is 1.70. The van der Waals surface area contributed by atoms with E-state index in [1.54, 1.807) is 0 Å². The van der Waals surface area contributed by atoms with Crippen LogP contribution in [0.5, 0.6) is 0 Å². The largest absolute Gasteiger partial charge is 0.469 e. The summed E-state index contributed by atoms with van der Waals surface area (Å²) in [6.07, 6.45) is 1.84. The summed E-state index contributed by atoms with van der Waals surface area (Å²) < 4.78 is 9.61. The van der Waals surface area contributed by atoms with Crippen LogP contribution in [-0.2, 0) is 14.3 Å². The van der Waals surface area contributed by atoms with Gasteiger partial charge in [0, 0.05) is 0 Å². The van der Waals surface area contributed by atoms with Crippen LogP contribution in [0.1, 0.15) is 19.8 Å². The highest BCUT2D eigenvalue weighted by Gasteiger charge is 2.38. The molecule has 0 spiro atoms. The number of ether oxygens (including phenoxy) is 2. The van der Waals surface area contributed by atoms with E-state index in [1.165, 1.54) is 7.11 Å². The number of hydrogen-bond donors (Lipinski definition) is 0. The van der Waals surface area contributed by atoms with E-state index in [0.29, 0.717) is 12.5 Å². The van der Waals surface area contributed by atoms with Gasteiger partial charge in [-0.2, -0.15) is 0 Å². The Morgan fingerprint density at radius 3 is 2.70 bits per heavy atom. The maximum Gasteiger partial charge on any atom is 0.308 e. The van der Waals surface area contributed by atoms with Gasteiger partial charge in [-0.1, -0.05) is 6.92 Å². The Kier molecular flexibility index (Phi) is 2.27. The zero-order valence-electron chi connectivity index (χ0n) is 6.29. The first-order chi connectivity index (χ1) is 4.77. The number of carbonyl (C=O) groups excluding carboxylic acids is 1. The Hall–Kier alpha value is -0.570. The van der Waals surface area contributed by atoms with Crippen LogP contribution >= 0.6 is 0 Å². The molecule has 0 N–H and O–H groups in total. The van der Waals surface area contributed by atoms with E-state index in [4.69, 9.17) is 4.74 Å². The van der Waals surface area contributed by atoms with Crippen LogP contribution < -0.4 is 0 Å². The van der Waals surface area contributed by atoms with Crippen molar-refractivity contribution in [2.24, 2.45) is 0 Å². The highest BCUT2D eigenvalue weighted by Crippen LogP contribution is 2.27. The molecular weight excluding hydrogens is 132 g/mol. The molecule has 10 heavy (non-hydrogen) atoms. The summed E-state index contributed by atoms with van der Waals surface area (Å²) in [4.78, 5) is 10.6. The van der Waals surface area contributed by atoms with E-state index in [2.05, 4.69) is 4.74 Å². The van der Waals surface area contributed by atoms with Crippen molar-refractivity contribution in [3.8, 4) is 0 Å². The molecule has 0 aliphatic carbocycles. The minimum atomic E-state index is -0.180. The molecule has 3 nitrogen and oxygen atoms in total. The Morgan fingerprint density at radius 1 is 1.60 bits per heavy atom. The molecule has 0 bridgehead atoms. The van der Waals surface area contributed by atoms with Gasteiger partial charge < -0.3 is 9.47 Å². The highest BCUT2D eigenvalue weighted by atomic mass is 16.6. The average Bonchev–Trinajstić information content (AvgIpc) is 2.67. The number of methoxy groups -OCH3 is 1. The van der Waals surface area contributed by atoms with Gasteiger partial charge in [-0.3, -0.25) is 4.79 Å². The van der Waals surface area contributed by atoms with Crippen molar-refractivity contribution >= 4 is 5.97 Å². The third-order valence-corrected chi connectivity index (χ3v) is 1.69. The quantitative estimate of drug-likeness (QED) is 0.433. The maximum absolute atomic E-state index is 10.6. The van der Waals surface area contributed by atoms with Crippen LogP contribution in [-0.4, -0.2) is 25.3 Å². The van der Waals surface area contributed by atoms with Crippen LogP contribution in [0.2, 0.25) is 0 Å². The Labute approximate surface area is 60.3 Å². The Balaban J connectivity index is 2.11. The number of rotatable bonds is 3. The maximum atomic E-state index is 10.6. The SMILES string of the molecule is CC[C@H]1O[C@@H]1CC(=O)OC. The Morgan fingerprint density at radius 2 is 2.30 bits per heavy atom. The van der Waals surface area contributed by atoms with E-state index in [0.717, 1.165) is 6.42 Å². The van der Waals surface area contributed by atoms with Crippen molar-refractivity contribution in [3.05, 3.63) is 0 Å². The molecule has 1 rings (SSSR count). The molecule has 0 aromatic rings. The first kappa shape index (κ1) is 7.54. The second-order valence-electron chi connectivity index (χ2n) is 2.40. The summed E-state index contributed by atoms with van der Waals surface area (Å²) >= 11 is 0. The molecule has 1 saturated heterocycles. The second kappa shape index (κ2) is 3.01. The zero-order chi connectivity index (χ0) is 7.56. The smallest absolute Gasteiger partial charge is 0.308 e. The lowest BCUT2D eigenvalue weighted by Crippen LogP contribution is -2.05. The lowest BCUT2D eigenvalue weighted by molar-refractivity contribution is -0.140. The molecule has 0 aromatic carbocycles. The molecular formula is C7H12O3. The molecule has 1 aliphatic heterocycles. The fraction of sp³-hybridized carbons (Fsp3) is 0.857. The summed E-state index contributed by atoms with van der Waals surface area (Å²) in [5.41, 5.74) is 0. The normalized spacial score (nSPS) is 29.8. The minimum Gasteiger partial charge on any atom is -0.469 e. The fourth-order valence-corrected chi connectivity index (χ4v) is 0.965. The molecule has 0 saturated carbocycles. The molecule has 1 fully saturated rings. The number of carbonyl (C=O) groups is 1. The van der Waals surface area contributed by atoms with Crippen molar-refractivity contribution < 1.29 is 14.3 Å². The second-order valence-corrected chi connectivity index (χ2v) is 2.40. The molecule has 58 valence electrons. The predicted octanol–water partition coefficient (Wildman–Crippen LogP) is 0.727. The molecule has 3 heteroatoms. The summed E-state index contributed by atoms with van der Waals surface area (Å²) in [7, 11) is 1.39. The monoisotopic (exact) mass is 144 g/mol. The lowest BCUT2D eigenvalue weighted by Gasteiger charge is -1.92. The summed E-state index contributed by atoms with van der Waals surface area (Å²) in [5, 5.41) is 0. The van der Waals surface area contributed by atoms with Crippen molar-refractivity contribution in [2.45, 2.75) is 32.0 Å². The van der Waals surface area contributed by atoms with E-state index < -0.39 is 0 Å². The van der Waals surface area contributed by atoms with E-state index in [-0.39, 0.29) is 12.1 Å². The fourth-order valence-electron chi connectivity index (χ4n) is 0.965. The summed E-state index contributed by atoms with van der Waals surface area (Å²) in [6.45, 7) is 2.04. The van der Waals surface area contributed by atoms with Crippen LogP contribution in [0, 0.1) is 0 Å². The molecule has 0 radical (unpaired) electrons. The first-order valence-electron chi connectivity index (χ1n) is 3.50. The van der Waals surface area contributed by atoms with Crippen LogP contribution in [0.25, 0.3) is 0 Å². The van der Waals surface area contributed by atoms with Gasteiger partial charge in [0.05, 0.1) is 25.7 Å². The van der Waals surface area contributed by atoms with Crippen LogP contribution in [0.4, 0.5) is 0 Å². The minimum absolute atomic E-state index is 0.137. The van der Waals surface area contributed by atoms with Gasteiger partial charge in [-0.25, -0.2) is 0 Å². The van der Waals surface area contributed by atoms with Crippen molar-refractivity contribution in [2.75, 3.05) is 7.11 Å². The number of epoxide rings is 1. The van der Waals surface area contributed by atoms with E-state index in [1.807, 2.05) is 6.92 Å². The molecule has 1 aliphatic rings. The molecule has 0 amide bonds. The van der Waals surface area contributed by atoms with Crippen LogP contribution in [0.3, 0.4) is 0 Å². The van der Waals surface area contributed by atoms with Gasteiger partial charge in [-0.05, 0) is 6.42 Å². The summed E-state index contributed by atoms with van der Waals surface area (Å²) in [6, 6.07) is 0. The molecule has 2 atom stereocenters. The van der Waals surface area contributed by atoms with E-state index >= 15 is 0 Å². The standard InChI is InChI=1S/C7H12O3/c1-3-5-6(10-5)4-7(8)9-2/h5-6H,3-4H2,1-2H3/t5-,6-/m1/s1. The van der Waals surface area contributed by atoms with Gasteiger partial charge in [-0.15, -0.1) is 0 Å². The summed E-state index contributed by atoms with van der Waals surface area (Å²) in [5.74, 6) is -0.180.